The van der Waals surface area contributed by atoms with E-state index in [4.69, 9.17) is 18.9 Å². The first kappa shape index (κ1) is 21.1. The molecule has 0 saturated carbocycles. The second-order valence-corrected chi connectivity index (χ2v) is 8.90. The maximum atomic E-state index is 12.8. The Hall–Kier alpha value is -2.77. The molecule has 2 aromatic carbocycles. The van der Waals surface area contributed by atoms with Crippen LogP contribution in [-0.4, -0.2) is 62.9 Å². The van der Waals surface area contributed by atoms with E-state index in [1.807, 2.05) is 30.3 Å². The van der Waals surface area contributed by atoms with Crippen molar-refractivity contribution >= 4 is 5.91 Å². The minimum atomic E-state index is -0.188. The van der Waals surface area contributed by atoms with Crippen LogP contribution >= 0.6 is 0 Å². The van der Waals surface area contributed by atoms with Gasteiger partial charge in [0.25, 0.3) is 5.91 Å². The topological polar surface area (TPSA) is 69.3 Å². The van der Waals surface area contributed by atoms with Crippen molar-refractivity contribution in [3.8, 4) is 17.2 Å². The Labute approximate surface area is 188 Å². The number of fused-ring (bicyclic) bond motifs is 3. The molecule has 5 rings (SSSR count). The summed E-state index contributed by atoms with van der Waals surface area (Å²) in [5, 5.41) is 3.20. The quantitative estimate of drug-likeness (QED) is 0.717. The standard InChI is InChI=1S/C25H30N2O5/c1-29-21-5-2-17(3-6-21)14-30-15-22-16-31-24-11-19(4-7-23(24)32-22)25(28)26-20-10-18-8-9-27(12-18)13-20/h2-7,11,18,20,22H,8-10,12-16H2,1H3,(H,26,28)/t18-,20+,22-/m0/s1. The van der Waals surface area contributed by atoms with Crippen molar-refractivity contribution in [3.05, 3.63) is 53.6 Å². The molecule has 2 aromatic rings. The Kier molecular flexibility index (Phi) is 6.19. The molecule has 0 aromatic heterocycles. The lowest BCUT2D eigenvalue weighted by atomic mass is 9.96. The number of hydrogen-bond donors (Lipinski definition) is 1. The smallest absolute Gasteiger partial charge is 0.251 e. The van der Waals surface area contributed by atoms with Gasteiger partial charge in [-0.1, -0.05) is 12.1 Å². The van der Waals surface area contributed by atoms with Crippen molar-refractivity contribution in [3.63, 3.8) is 0 Å². The highest BCUT2D eigenvalue weighted by Gasteiger charge is 2.33. The summed E-state index contributed by atoms with van der Waals surface area (Å²) in [4.78, 5) is 15.2. The van der Waals surface area contributed by atoms with Crippen molar-refractivity contribution in [2.24, 2.45) is 5.92 Å². The molecule has 7 heteroatoms. The van der Waals surface area contributed by atoms with Gasteiger partial charge in [0.1, 0.15) is 12.4 Å². The van der Waals surface area contributed by atoms with Crippen LogP contribution in [0.1, 0.15) is 28.8 Å². The van der Waals surface area contributed by atoms with Crippen LogP contribution in [0.4, 0.5) is 0 Å². The Bertz CT molecular complexity index is 936. The molecule has 3 aliphatic heterocycles. The molecule has 2 bridgehead atoms. The summed E-state index contributed by atoms with van der Waals surface area (Å²) in [5.41, 5.74) is 1.68. The number of piperidine rings is 1. The maximum Gasteiger partial charge on any atom is 0.251 e. The number of nitrogens with zero attached hydrogens (tertiary/aromatic N) is 1. The van der Waals surface area contributed by atoms with Crippen molar-refractivity contribution in [1.82, 2.24) is 10.2 Å². The summed E-state index contributed by atoms with van der Waals surface area (Å²) in [6.07, 6.45) is 2.14. The Morgan fingerprint density at radius 2 is 2.03 bits per heavy atom. The van der Waals surface area contributed by atoms with Gasteiger partial charge >= 0.3 is 0 Å². The number of benzene rings is 2. The average Bonchev–Trinajstić information content (AvgIpc) is 3.17. The van der Waals surface area contributed by atoms with E-state index in [0.717, 1.165) is 36.7 Å². The normalized spacial score (nSPS) is 25.9. The molecule has 32 heavy (non-hydrogen) atoms. The van der Waals surface area contributed by atoms with E-state index in [1.54, 1.807) is 19.2 Å². The predicted molar refractivity (Wildman–Crippen MR) is 119 cm³/mol. The van der Waals surface area contributed by atoms with Gasteiger partial charge in [-0.25, -0.2) is 0 Å². The molecule has 4 atom stereocenters. The molecular formula is C25H30N2O5. The third kappa shape index (κ3) is 4.84. The van der Waals surface area contributed by atoms with Crippen LogP contribution in [0.25, 0.3) is 0 Å². The van der Waals surface area contributed by atoms with Crippen LogP contribution in [0.2, 0.25) is 0 Å². The summed E-state index contributed by atoms with van der Waals surface area (Å²) < 4.78 is 22.9. The van der Waals surface area contributed by atoms with E-state index in [-0.39, 0.29) is 18.1 Å². The Morgan fingerprint density at radius 3 is 2.84 bits per heavy atom. The van der Waals surface area contributed by atoms with Crippen LogP contribution in [0, 0.1) is 5.92 Å². The lowest BCUT2D eigenvalue weighted by Crippen LogP contribution is -2.47. The number of hydrogen-bond acceptors (Lipinski definition) is 6. The highest BCUT2D eigenvalue weighted by Crippen LogP contribution is 2.33. The van der Waals surface area contributed by atoms with E-state index in [2.05, 4.69) is 10.2 Å². The van der Waals surface area contributed by atoms with Gasteiger partial charge in [-0.3, -0.25) is 4.79 Å². The summed E-state index contributed by atoms with van der Waals surface area (Å²) in [6, 6.07) is 13.4. The fraction of sp³-hybridized carbons (Fsp3) is 0.480. The Balaban J connectivity index is 1.11. The van der Waals surface area contributed by atoms with Gasteiger partial charge in [-0.2, -0.15) is 0 Å². The number of carbonyl (C=O) groups is 1. The van der Waals surface area contributed by atoms with Gasteiger partial charge < -0.3 is 29.2 Å². The molecule has 0 radical (unpaired) electrons. The van der Waals surface area contributed by atoms with E-state index in [0.29, 0.717) is 36.9 Å². The van der Waals surface area contributed by atoms with Crippen molar-refractivity contribution < 1.29 is 23.7 Å². The number of rotatable bonds is 7. The first-order valence-corrected chi connectivity index (χ1v) is 11.3. The molecular weight excluding hydrogens is 408 g/mol. The van der Waals surface area contributed by atoms with Crippen LogP contribution < -0.4 is 19.5 Å². The molecule has 3 aliphatic rings. The molecule has 1 amide bonds. The lowest BCUT2D eigenvalue weighted by molar-refractivity contribution is 0.00267. The summed E-state index contributed by atoms with van der Waals surface area (Å²) in [6.45, 7) is 4.60. The number of nitrogens with one attached hydrogen (secondary N) is 1. The second-order valence-electron chi connectivity index (χ2n) is 8.90. The summed E-state index contributed by atoms with van der Waals surface area (Å²) >= 11 is 0. The molecule has 0 spiro atoms. The molecule has 7 nitrogen and oxygen atoms in total. The van der Waals surface area contributed by atoms with Gasteiger partial charge in [0.2, 0.25) is 0 Å². The minimum Gasteiger partial charge on any atom is -0.497 e. The predicted octanol–water partition coefficient (Wildman–Crippen LogP) is 2.88. The zero-order valence-corrected chi connectivity index (χ0v) is 18.4. The van der Waals surface area contributed by atoms with Gasteiger partial charge in [0, 0.05) is 24.7 Å². The Morgan fingerprint density at radius 1 is 1.16 bits per heavy atom. The maximum absolute atomic E-state index is 12.8. The van der Waals surface area contributed by atoms with Crippen LogP contribution in [0.15, 0.2) is 42.5 Å². The highest BCUT2D eigenvalue weighted by molar-refractivity contribution is 5.95. The zero-order valence-electron chi connectivity index (χ0n) is 18.4. The minimum absolute atomic E-state index is 0.0474. The third-order valence-corrected chi connectivity index (χ3v) is 6.46. The van der Waals surface area contributed by atoms with Gasteiger partial charge in [0.15, 0.2) is 17.6 Å². The van der Waals surface area contributed by atoms with E-state index < -0.39 is 0 Å². The van der Waals surface area contributed by atoms with E-state index in [9.17, 15) is 4.79 Å². The summed E-state index contributed by atoms with van der Waals surface area (Å²) in [5.74, 6) is 2.75. The van der Waals surface area contributed by atoms with Crippen molar-refractivity contribution in [2.45, 2.75) is 31.6 Å². The first-order valence-electron chi connectivity index (χ1n) is 11.3. The van der Waals surface area contributed by atoms with Crippen LogP contribution in [-0.2, 0) is 11.3 Å². The largest absolute Gasteiger partial charge is 0.497 e. The molecule has 1 N–H and O–H groups in total. The lowest BCUT2D eigenvalue weighted by Gasteiger charge is -2.30. The number of ether oxygens (including phenoxy) is 4. The van der Waals surface area contributed by atoms with Gasteiger partial charge in [-0.15, -0.1) is 0 Å². The molecule has 0 aliphatic carbocycles. The molecule has 2 saturated heterocycles. The highest BCUT2D eigenvalue weighted by atomic mass is 16.6. The third-order valence-electron chi connectivity index (χ3n) is 6.46. The molecule has 1 unspecified atom stereocenters. The number of methoxy groups -OCH3 is 1. The van der Waals surface area contributed by atoms with Crippen molar-refractivity contribution in [2.75, 3.05) is 40.0 Å². The molecule has 170 valence electrons. The average molecular weight is 439 g/mol. The molecule has 3 heterocycles. The fourth-order valence-corrected chi connectivity index (χ4v) is 4.80. The zero-order chi connectivity index (χ0) is 21.9. The van der Waals surface area contributed by atoms with Crippen molar-refractivity contribution in [1.29, 1.82) is 0 Å². The SMILES string of the molecule is COc1ccc(COC[C@H]2COc3cc(C(=O)N[C@@H]4C[C@@H]5CCN(C5)C4)ccc3O2)cc1. The van der Waals surface area contributed by atoms with Crippen LogP contribution in [0.5, 0.6) is 17.2 Å². The molecule has 2 fully saturated rings. The second kappa shape index (κ2) is 9.38. The summed E-state index contributed by atoms with van der Waals surface area (Å²) in [7, 11) is 1.65. The van der Waals surface area contributed by atoms with E-state index >= 15 is 0 Å². The fourth-order valence-electron chi connectivity index (χ4n) is 4.80. The van der Waals surface area contributed by atoms with Gasteiger partial charge in [0.05, 0.1) is 20.3 Å². The van der Waals surface area contributed by atoms with Crippen LogP contribution in [0.3, 0.4) is 0 Å². The van der Waals surface area contributed by atoms with Gasteiger partial charge in [-0.05, 0) is 61.2 Å². The number of amides is 1. The monoisotopic (exact) mass is 438 g/mol. The van der Waals surface area contributed by atoms with E-state index in [1.165, 1.54) is 13.0 Å². The number of carbonyl (C=O) groups excluding carboxylic acids is 1. The first-order chi connectivity index (χ1) is 15.7.